The highest BCUT2D eigenvalue weighted by atomic mass is 15.2. The van der Waals surface area contributed by atoms with Crippen LogP contribution in [0.15, 0.2) is 243 Å². The van der Waals surface area contributed by atoms with E-state index in [-0.39, 0.29) is 12.0 Å². The molecule has 1 aliphatic carbocycles. The van der Waals surface area contributed by atoms with Crippen molar-refractivity contribution < 1.29 is 0 Å². The standard InChI is InChI=1S/C64H44N2/c1-2-17-45-38-50(33-32-43(45)16-1)55-25-10-12-29-61(55)65(52-22-15-21-48(39-52)59-41-49-20-5-6-23-53(49)56-26-7-8-27-57(56)59)51-36-34-44(35-37-51)54-24-9-13-30-62(54)66-63-31-14-11-28-58(63)60-40-46-18-3-4-19-47(46)42-64(60)66/h1-42,60,64H. The number of anilines is 5. The summed E-state index contributed by atoms with van der Waals surface area (Å²) in [5.41, 5.74) is 14.3. The molecule has 13 rings (SSSR count). The fourth-order valence-corrected chi connectivity index (χ4v) is 10.9. The Morgan fingerprint density at radius 3 is 1.80 bits per heavy atom. The highest BCUT2D eigenvalue weighted by Gasteiger charge is 2.38. The minimum atomic E-state index is 0.173. The van der Waals surface area contributed by atoms with Gasteiger partial charge in [0.05, 0.1) is 11.7 Å². The molecule has 2 heteroatoms. The first kappa shape index (κ1) is 38.0. The SMILES string of the molecule is C1=c2ccccc2=CC2C1c1ccccc1N2c1ccccc1-c1ccc(N(c2cccc(-c3cc4ccccc4c4ccccc34)c2)c2ccccc2-c2ccc3ccccc3c2)cc1. The van der Waals surface area contributed by atoms with Crippen LogP contribution in [-0.4, -0.2) is 6.04 Å². The summed E-state index contributed by atoms with van der Waals surface area (Å²) in [6, 6.07) is 89.4. The van der Waals surface area contributed by atoms with E-state index in [1.807, 2.05) is 0 Å². The van der Waals surface area contributed by atoms with Crippen molar-refractivity contribution in [2.75, 3.05) is 9.80 Å². The molecule has 0 amide bonds. The van der Waals surface area contributed by atoms with E-state index in [1.165, 1.54) is 93.1 Å². The second-order valence-electron chi connectivity index (χ2n) is 17.6. The maximum Gasteiger partial charge on any atom is 0.0635 e. The van der Waals surface area contributed by atoms with E-state index in [0.717, 1.165) is 17.1 Å². The molecule has 0 N–H and O–H groups in total. The van der Waals surface area contributed by atoms with Gasteiger partial charge in [-0.1, -0.05) is 200 Å². The summed E-state index contributed by atoms with van der Waals surface area (Å²) < 4.78 is 0. The van der Waals surface area contributed by atoms with E-state index < -0.39 is 0 Å². The van der Waals surface area contributed by atoms with Crippen molar-refractivity contribution in [2.45, 2.75) is 12.0 Å². The van der Waals surface area contributed by atoms with Gasteiger partial charge in [-0.05, 0) is 125 Å². The van der Waals surface area contributed by atoms with Gasteiger partial charge in [-0.15, -0.1) is 0 Å². The molecule has 0 saturated carbocycles. The third-order valence-electron chi connectivity index (χ3n) is 13.9. The lowest BCUT2D eigenvalue weighted by atomic mass is 9.89. The molecule has 0 aromatic heterocycles. The molecular formula is C64H44N2. The molecule has 2 unspecified atom stereocenters. The number of para-hydroxylation sites is 3. The van der Waals surface area contributed by atoms with Crippen molar-refractivity contribution in [1.29, 1.82) is 0 Å². The van der Waals surface area contributed by atoms with Gasteiger partial charge in [0.15, 0.2) is 0 Å². The first-order valence-electron chi connectivity index (χ1n) is 23.0. The molecule has 1 aliphatic heterocycles. The Bertz CT molecular complexity index is 3810. The van der Waals surface area contributed by atoms with Crippen LogP contribution in [0.1, 0.15) is 11.5 Å². The van der Waals surface area contributed by atoms with E-state index in [9.17, 15) is 0 Å². The Morgan fingerprint density at radius 2 is 0.955 bits per heavy atom. The molecule has 0 spiro atoms. The van der Waals surface area contributed by atoms with Crippen molar-refractivity contribution >= 4 is 72.9 Å². The van der Waals surface area contributed by atoms with Crippen molar-refractivity contribution in [3.8, 4) is 33.4 Å². The van der Waals surface area contributed by atoms with Gasteiger partial charge < -0.3 is 9.80 Å². The number of hydrogen-bond donors (Lipinski definition) is 0. The van der Waals surface area contributed by atoms with Gasteiger partial charge in [0.2, 0.25) is 0 Å². The predicted molar refractivity (Wildman–Crippen MR) is 280 cm³/mol. The normalized spacial score (nSPS) is 14.9. The molecule has 2 aliphatic rings. The first-order chi connectivity index (χ1) is 32.7. The molecule has 0 saturated heterocycles. The van der Waals surface area contributed by atoms with Gasteiger partial charge in [-0.3, -0.25) is 0 Å². The number of rotatable bonds is 7. The zero-order valence-electron chi connectivity index (χ0n) is 36.3. The summed E-state index contributed by atoms with van der Waals surface area (Å²) >= 11 is 0. The largest absolute Gasteiger partial charge is 0.333 e. The molecule has 2 nitrogen and oxygen atoms in total. The lowest BCUT2D eigenvalue weighted by Crippen LogP contribution is -2.38. The molecule has 0 fully saturated rings. The van der Waals surface area contributed by atoms with Crippen LogP contribution in [0.5, 0.6) is 0 Å². The third kappa shape index (κ3) is 6.33. The minimum Gasteiger partial charge on any atom is -0.333 e. The van der Waals surface area contributed by atoms with Crippen molar-refractivity contribution in [1.82, 2.24) is 0 Å². The highest BCUT2D eigenvalue weighted by molar-refractivity contribution is 6.14. The smallest absolute Gasteiger partial charge is 0.0635 e. The van der Waals surface area contributed by atoms with Crippen LogP contribution < -0.4 is 20.2 Å². The Kier molecular flexibility index (Phi) is 9.02. The molecular weight excluding hydrogens is 797 g/mol. The van der Waals surface area contributed by atoms with Gasteiger partial charge in [-0.25, -0.2) is 0 Å². The van der Waals surface area contributed by atoms with Gasteiger partial charge in [0, 0.05) is 39.8 Å². The number of fused-ring (bicyclic) bond motifs is 8. The Hall–Kier alpha value is -8.46. The lowest BCUT2D eigenvalue weighted by molar-refractivity contribution is 0.802. The molecule has 1 heterocycles. The summed E-state index contributed by atoms with van der Waals surface area (Å²) in [5, 5.41) is 10.1. The zero-order valence-corrected chi connectivity index (χ0v) is 36.3. The van der Waals surface area contributed by atoms with Crippen molar-refractivity contribution in [3.05, 3.63) is 259 Å². The molecule has 0 radical (unpaired) electrons. The van der Waals surface area contributed by atoms with Crippen LogP contribution in [0.25, 0.3) is 77.9 Å². The summed E-state index contributed by atoms with van der Waals surface area (Å²) in [4.78, 5) is 5.02. The summed E-state index contributed by atoms with van der Waals surface area (Å²) in [7, 11) is 0. The Morgan fingerprint density at radius 1 is 0.333 bits per heavy atom. The molecule has 0 bridgehead atoms. The van der Waals surface area contributed by atoms with E-state index in [4.69, 9.17) is 0 Å². The monoisotopic (exact) mass is 840 g/mol. The second kappa shape index (κ2) is 15.7. The zero-order chi connectivity index (χ0) is 43.6. The lowest BCUT2D eigenvalue weighted by Gasteiger charge is -2.31. The minimum absolute atomic E-state index is 0.173. The number of benzene rings is 11. The maximum absolute atomic E-state index is 2.57. The average Bonchev–Trinajstić information content (AvgIpc) is 3.71. The van der Waals surface area contributed by atoms with Gasteiger partial charge >= 0.3 is 0 Å². The van der Waals surface area contributed by atoms with Gasteiger partial charge in [-0.2, -0.15) is 0 Å². The van der Waals surface area contributed by atoms with Crippen molar-refractivity contribution in [2.24, 2.45) is 0 Å². The van der Waals surface area contributed by atoms with Crippen LogP contribution in [-0.2, 0) is 0 Å². The highest BCUT2D eigenvalue weighted by Crippen LogP contribution is 2.50. The van der Waals surface area contributed by atoms with Crippen LogP contribution in [0.3, 0.4) is 0 Å². The van der Waals surface area contributed by atoms with Gasteiger partial charge in [0.25, 0.3) is 0 Å². The van der Waals surface area contributed by atoms with Gasteiger partial charge in [0.1, 0.15) is 0 Å². The van der Waals surface area contributed by atoms with E-state index in [1.54, 1.807) is 0 Å². The molecule has 11 aromatic rings. The predicted octanol–water partition coefficient (Wildman–Crippen LogP) is 15.5. The fraction of sp³-hybridized carbons (Fsp3) is 0.0312. The maximum atomic E-state index is 2.57. The Balaban J connectivity index is 0.960. The van der Waals surface area contributed by atoms with E-state index in [2.05, 4.69) is 265 Å². The van der Waals surface area contributed by atoms with Crippen LogP contribution in [0.4, 0.5) is 28.4 Å². The third-order valence-corrected chi connectivity index (χ3v) is 13.9. The Labute approximate surface area is 384 Å². The topological polar surface area (TPSA) is 6.48 Å². The van der Waals surface area contributed by atoms with E-state index >= 15 is 0 Å². The summed E-state index contributed by atoms with van der Waals surface area (Å²) in [5.74, 6) is 0.270. The summed E-state index contributed by atoms with van der Waals surface area (Å²) in [6.45, 7) is 0. The summed E-state index contributed by atoms with van der Waals surface area (Å²) in [6.07, 6.45) is 4.94. The molecule has 11 aromatic carbocycles. The number of nitrogens with zero attached hydrogens (tertiary/aromatic N) is 2. The quantitative estimate of drug-likeness (QED) is 0.148. The van der Waals surface area contributed by atoms with Crippen LogP contribution in [0.2, 0.25) is 0 Å². The van der Waals surface area contributed by atoms with E-state index in [0.29, 0.717) is 0 Å². The fourth-order valence-electron chi connectivity index (χ4n) is 10.9. The first-order valence-corrected chi connectivity index (χ1v) is 23.0. The number of hydrogen-bond acceptors (Lipinski definition) is 2. The second-order valence-corrected chi connectivity index (χ2v) is 17.6. The molecule has 2 atom stereocenters. The van der Waals surface area contributed by atoms with Crippen LogP contribution in [0, 0.1) is 0 Å². The van der Waals surface area contributed by atoms with Crippen molar-refractivity contribution in [3.63, 3.8) is 0 Å². The molecule has 310 valence electrons. The average molecular weight is 841 g/mol. The molecule has 66 heavy (non-hydrogen) atoms. The van der Waals surface area contributed by atoms with Crippen LogP contribution >= 0.6 is 0 Å².